The Morgan fingerprint density at radius 2 is 2.18 bits per heavy atom. The summed E-state index contributed by atoms with van der Waals surface area (Å²) in [6, 6.07) is 6.14. The van der Waals surface area contributed by atoms with E-state index in [-0.39, 0.29) is 5.91 Å². The zero-order chi connectivity index (χ0) is 12.8. The number of hydrogen-bond acceptors (Lipinski definition) is 2. The molecule has 0 aliphatic carbocycles. The van der Waals surface area contributed by atoms with Crippen LogP contribution in [0.1, 0.15) is 48.2 Å². The van der Waals surface area contributed by atoms with Crippen molar-refractivity contribution < 1.29 is 4.79 Å². The minimum Gasteiger partial charge on any atom is -0.366 e. The standard InChI is InChI=1S/C14H22N2O/c1-4-5-11(3)16-9-13-7-6-12(14(15)17)8-10(13)2/h6-8,11,16H,4-5,9H2,1-3H3,(H2,15,17). The number of nitrogens with two attached hydrogens (primary N) is 1. The average Bonchev–Trinajstić information content (AvgIpc) is 2.27. The van der Waals surface area contributed by atoms with Gasteiger partial charge in [0.15, 0.2) is 0 Å². The van der Waals surface area contributed by atoms with Gasteiger partial charge in [-0.25, -0.2) is 0 Å². The highest BCUT2D eigenvalue weighted by Crippen LogP contribution is 2.11. The summed E-state index contributed by atoms with van der Waals surface area (Å²) in [4.78, 5) is 11.0. The Kier molecular flexibility index (Phi) is 5.16. The van der Waals surface area contributed by atoms with Gasteiger partial charge in [0.25, 0.3) is 0 Å². The fraction of sp³-hybridized carbons (Fsp3) is 0.500. The molecule has 0 bridgehead atoms. The number of hydrogen-bond donors (Lipinski definition) is 2. The number of nitrogens with one attached hydrogen (secondary N) is 1. The van der Waals surface area contributed by atoms with Crippen molar-refractivity contribution in [3.8, 4) is 0 Å². The van der Waals surface area contributed by atoms with E-state index in [1.54, 1.807) is 6.07 Å². The Hall–Kier alpha value is -1.35. The van der Waals surface area contributed by atoms with E-state index in [1.165, 1.54) is 18.4 Å². The third-order valence-electron chi connectivity index (χ3n) is 2.99. The third-order valence-corrected chi connectivity index (χ3v) is 2.99. The van der Waals surface area contributed by atoms with Gasteiger partial charge in [-0.15, -0.1) is 0 Å². The van der Waals surface area contributed by atoms with Crippen molar-refractivity contribution in [1.29, 1.82) is 0 Å². The second kappa shape index (κ2) is 6.40. The normalized spacial score (nSPS) is 12.4. The molecule has 0 heterocycles. The molecule has 1 rings (SSSR count). The molecule has 0 saturated carbocycles. The molecule has 94 valence electrons. The van der Waals surface area contributed by atoms with E-state index in [1.807, 2.05) is 19.1 Å². The predicted molar refractivity (Wildman–Crippen MR) is 70.9 cm³/mol. The number of carbonyl (C=O) groups excluding carboxylic acids is 1. The summed E-state index contributed by atoms with van der Waals surface area (Å²) in [6.07, 6.45) is 2.37. The molecule has 1 unspecified atom stereocenters. The summed E-state index contributed by atoms with van der Waals surface area (Å²) < 4.78 is 0. The molecule has 1 atom stereocenters. The maximum absolute atomic E-state index is 11.0. The van der Waals surface area contributed by atoms with Crippen LogP contribution in [0, 0.1) is 6.92 Å². The minimum atomic E-state index is -0.369. The fourth-order valence-corrected chi connectivity index (χ4v) is 1.87. The zero-order valence-corrected chi connectivity index (χ0v) is 10.9. The van der Waals surface area contributed by atoms with Crippen molar-refractivity contribution in [2.75, 3.05) is 0 Å². The topological polar surface area (TPSA) is 55.1 Å². The van der Waals surface area contributed by atoms with Gasteiger partial charge in [0.05, 0.1) is 0 Å². The molecule has 0 aromatic heterocycles. The fourth-order valence-electron chi connectivity index (χ4n) is 1.87. The van der Waals surface area contributed by atoms with Gasteiger partial charge in [-0.3, -0.25) is 4.79 Å². The van der Waals surface area contributed by atoms with Crippen molar-refractivity contribution in [2.24, 2.45) is 5.73 Å². The Morgan fingerprint density at radius 1 is 1.47 bits per heavy atom. The number of primary amides is 1. The molecule has 1 amide bonds. The van der Waals surface area contributed by atoms with Crippen LogP contribution in [0.5, 0.6) is 0 Å². The number of benzene rings is 1. The summed E-state index contributed by atoms with van der Waals surface area (Å²) in [5.41, 5.74) is 8.15. The first-order valence-electron chi connectivity index (χ1n) is 6.17. The molecule has 0 aliphatic heterocycles. The van der Waals surface area contributed by atoms with Gasteiger partial charge < -0.3 is 11.1 Å². The Bertz CT molecular complexity index is 388. The third kappa shape index (κ3) is 4.19. The first-order valence-corrected chi connectivity index (χ1v) is 6.17. The van der Waals surface area contributed by atoms with Crippen LogP contribution >= 0.6 is 0 Å². The van der Waals surface area contributed by atoms with Crippen molar-refractivity contribution in [3.05, 3.63) is 34.9 Å². The van der Waals surface area contributed by atoms with Crippen LogP contribution in [-0.2, 0) is 6.54 Å². The number of aryl methyl sites for hydroxylation is 1. The van der Waals surface area contributed by atoms with E-state index in [2.05, 4.69) is 19.2 Å². The van der Waals surface area contributed by atoms with Crippen molar-refractivity contribution >= 4 is 5.91 Å². The predicted octanol–water partition coefficient (Wildman–Crippen LogP) is 2.37. The highest BCUT2D eigenvalue weighted by Gasteiger charge is 2.05. The molecule has 0 spiro atoms. The molecule has 0 radical (unpaired) electrons. The quantitative estimate of drug-likeness (QED) is 0.794. The van der Waals surface area contributed by atoms with Crippen LogP contribution in [0.4, 0.5) is 0 Å². The first kappa shape index (κ1) is 13.7. The van der Waals surface area contributed by atoms with Crippen LogP contribution < -0.4 is 11.1 Å². The van der Waals surface area contributed by atoms with Gasteiger partial charge in [0, 0.05) is 18.2 Å². The zero-order valence-electron chi connectivity index (χ0n) is 10.9. The molecule has 0 fully saturated rings. The van der Waals surface area contributed by atoms with E-state index < -0.39 is 0 Å². The monoisotopic (exact) mass is 234 g/mol. The molecule has 0 aliphatic rings. The molecular weight excluding hydrogens is 212 g/mol. The Morgan fingerprint density at radius 3 is 2.71 bits per heavy atom. The Balaban J connectivity index is 2.63. The van der Waals surface area contributed by atoms with Gasteiger partial charge in [-0.2, -0.15) is 0 Å². The summed E-state index contributed by atoms with van der Waals surface area (Å²) in [6.45, 7) is 7.22. The number of rotatable bonds is 6. The Labute approximate surface area is 103 Å². The molecule has 3 nitrogen and oxygen atoms in total. The molecule has 1 aromatic carbocycles. The maximum atomic E-state index is 11.0. The highest BCUT2D eigenvalue weighted by molar-refractivity contribution is 5.93. The van der Waals surface area contributed by atoms with Crippen molar-refractivity contribution in [2.45, 2.75) is 46.2 Å². The number of carbonyl (C=O) groups is 1. The lowest BCUT2D eigenvalue weighted by Crippen LogP contribution is -2.25. The van der Waals surface area contributed by atoms with E-state index in [9.17, 15) is 4.79 Å². The summed E-state index contributed by atoms with van der Waals surface area (Å²) in [5, 5.41) is 3.47. The van der Waals surface area contributed by atoms with Gasteiger partial charge in [0.2, 0.25) is 5.91 Å². The van der Waals surface area contributed by atoms with Crippen LogP contribution in [-0.4, -0.2) is 11.9 Å². The average molecular weight is 234 g/mol. The first-order chi connectivity index (χ1) is 8.04. The SMILES string of the molecule is CCCC(C)NCc1ccc(C(N)=O)cc1C. The molecule has 1 aromatic rings. The summed E-state index contributed by atoms with van der Waals surface area (Å²) in [5.74, 6) is -0.369. The number of amides is 1. The van der Waals surface area contributed by atoms with Crippen LogP contribution in [0.2, 0.25) is 0 Å². The second-order valence-electron chi connectivity index (χ2n) is 4.58. The second-order valence-corrected chi connectivity index (χ2v) is 4.58. The largest absolute Gasteiger partial charge is 0.366 e. The van der Waals surface area contributed by atoms with Crippen LogP contribution in [0.25, 0.3) is 0 Å². The maximum Gasteiger partial charge on any atom is 0.248 e. The van der Waals surface area contributed by atoms with Crippen LogP contribution in [0.15, 0.2) is 18.2 Å². The summed E-state index contributed by atoms with van der Waals surface area (Å²) in [7, 11) is 0. The lowest BCUT2D eigenvalue weighted by atomic mass is 10.0. The lowest BCUT2D eigenvalue weighted by Gasteiger charge is -2.14. The van der Waals surface area contributed by atoms with E-state index in [0.717, 1.165) is 12.1 Å². The smallest absolute Gasteiger partial charge is 0.248 e. The van der Waals surface area contributed by atoms with Crippen molar-refractivity contribution in [3.63, 3.8) is 0 Å². The van der Waals surface area contributed by atoms with Gasteiger partial charge in [-0.05, 0) is 43.5 Å². The van der Waals surface area contributed by atoms with Crippen LogP contribution in [0.3, 0.4) is 0 Å². The van der Waals surface area contributed by atoms with Gasteiger partial charge in [-0.1, -0.05) is 19.4 Å². The van der Waals surface area contributed by atoms with E-state index >= 15 is 0 Å². The lowest BCUT2D eigenvalue weighted by molar-refractivity contribution is 0.1000. The minimum absolute atomic E-state index is 0.369. The molecule has 17 heavy (non-hydrogen) atoms. The van der Waals surface area contributed by atoms with Gasteiger partial charge >= 0.3 is 0 Å². The van der Waals surface area contributed by atoms with E-state index in [0.29, 0.717) is 11.6 Å². The molecule has 3 heteroatoms. The van der Waals surface area contributed by atoms with Gasteiger partial charge in [0.1, 0.15) is 0 Å². The molecule has 0 saturated heterocycles. The molecular formula is C14H22N2O. The highest BCUT2D eigenvalue weighted by atomic mass is 16.1. The molecule has 3 N–H and O–H groups in total. The van der Waals surface area contributed by atoms with E-state index in [4.69, 9.17) is 5.73 Å². The van der Waals surface area contributed by atoms with Crippen molar-refractivity contribution in [1.82, 2.24) is 5.32 Å². The summed E-state index contributed by atoms with van der Waals surface area (Å²) >= 11 is 0.